The third-order valence-electron chi connectivity index (χ3n) is 2.34. The van der Waals surface area contributed by atoms with Crippen molar-refractivity contribution >= 4 is 11.5 Å². The molecule has 1 atom stereocenters. The molecule has 0 amide bonds. The van der Waals surface area contributed by atoms with Crippen LogP contribution < -0.4 is 0 Å². The third kappa shape index (κ3) is 1.54. The van der Waals surface area contributed by atoms with E-state index >= 15 is 0 Å². The van der Waals surface area contributed by atoms with E-state index in [-0.39, 0.29) is 16.9 Å². The smallest absolute Gasteiger partial charge is 0.343 e. The lowest BCUT2D eigenvalue weighted by atomic mass is 10.0. The molecule has 0 aliphatic carbocycles. The van der Waals surface area contributed by atoms with Gasteiger partial charge in [-0.25, -0.2) is 13.6 Å². The van der Waals surface area contributed by atoms with Gasteiger partial charge in [0, 0.05) is 0 Å². The summed E-state index contributed by atoms with van der Waals surface area (Å²) in [6, 6.07) is 2.95. The van der Waals surface area contributed by atoms with Crippen LogP contribution in [0, 0.1) is 11.6 Å². The van der Waals surface area contributed by atoms with Gasteiger partial charge >= 0.3 is 5.97 Å². The zero-order chi connectivity index (χ0) is 11.9. The summed E-state index contributed by atoms with van der Waals surface area (Å²) in [5, 5.41) is 9.56. The van der Waals surface area contributed by atoms with E-state index in [1.54, 1.807) is 0 Å². The zero-order valence-electron chi connectivity index (χ0n) is 8.33. The molecule has 1 aromatic rings. The van der Waals surface area contributed by atoms with E-state index < -0.39 is 23.7 Å². The number of aliphatic hydroxyl groups excluding tert-OH is 1. The van der Waals surface area contributed by atoms with E-state index in [2.05, 4.69) is 0 Å². The van der Waals surface area contributed by atoms with Crippen LogP contribution >= 0.6 is 0 Å². The van der Waals surface area contributed by atoms with Crippen LogP contribution in [-0.4, -0.2) is 17.2 Å². The monoisotopic (exact) mass is 226 g/mol. The molecule has 1 aliphatic rings. The summed E-state index contributed by atoms with van der Waals surface area (Å²) in [4.78, 5) is 11.3. The second kappa shape index (κ2) is 3.59. The average molecular weight is 226 g/mol. The number of ether oxygens (including phenoxy) is 1. The number of halogens is 2. The molecule has 1 unspecified atom stereocenters. The number of esters is 1. The molecule has 0 saturated carbocycles. The van der Waals surface area contributed by atoms with Gasteiger partial charge in [0.25, 0.3) is 0 Å². The first-order valence-electron chi connectivity index (χ1n) is 4.60. The van der Waals surface area contributed by atoms with Crippen molar-refractivity contribution < 1.29 is 23.4 Å². The Morgan fingerprint density at radius 3 is 2.50 bits per heavy atom. The van der Waals surface area contributed by atoms with E-state index in [1.165, 1.54) is 13.0 Å². The maximum Gasteiger partial charge on any atom is 0.343 e. The first kappa shape index (κ1) is 10.6. The van der Waals surface area contributed by atoms with E-state index in [0.717, 1.165) is 12.1 Å². The lowest BCUT2D eigenvalue weighted by Gasteiger charge is -2.00. The Morgan fingerprint density at radius 2 is 2.00 bits per heavy atom. The fraction of sp³-hybridized carbons (Fsp3) is 0.182. The van der Waals surface area contributed by atoms with Gasteiger partial charge in [-0.15, -0.1) is 0 Å². The molecule has 0 fully saturated rings. The molecule has 2 rings (SSSR count). The standard InChI is InChI=1S/C11H8F2O3/c1-5-10(14)9(11(15)16-5)6-2-3-7(12)8(13)4-6/h2-5,14H,1H3. The van der Waals surface area contributed by atoms with Crippen LogP contribution in [0.4, 0.5) is 8.78 Å². The van der Waals surface area contributed by atoms with Crippen LogP contribution in [0.5, 0.6) is 0 Å². The van der Waals surface area contributed by atoms with Crippen LogP contribution in [-0.2, 0) is 9.53 Å². The minimum absolute atomic E-state index is 0.103. The van der Waals surface area contributed by atoms with Gasteiger partial charge in [-0.3, -0.25) is 0 Å². The van der Waals surface area contributed by atoms with Gasteiger partial charge in [0.15, 0.2) is 17.7 Å². The highest BCUT2D eigenvalue weighted by Gasteiger charge is 2.32. The molecule has 1 heterocycles. The largest absolute Gasteiger partial charge is 0.507 e. The molecular weight excluding hydrogens is 218 g/mol. The molecule has 84 valence electrons. The Kier molecular flexibility index (Phi) is 2.38. The lowest BCUT2D eigenvalue weighted by molar-refractivity contribution is -0.137. The summed E-state index contributed by atoms with van der Waals surface area (Å²) in [5.74, 6) is -3.10. The number of cyclic esters (lactones) is 1. The normalized spacial score (nSPS) is 20.2. The number of carbonyl (C=O) groups excluding carboxylic acids is 1. The molecule has 16 heavy (non-hydrogen) atoms. The minimum atomic E-state index is -1.08. The first-order valence-corrected chi connectivity index (χ1v) is 4.60. The van der Waals surface area contributed by atoms with Gasteiger partial charge in [0.05, 0.1) is 0 Å². The molecule has 0 aromatic heterocycles. The van der Waals surface area contributed by atoms with Gasteiger partial charge in [0.2, 0.25) is 0 Å². The highest BCUT2D eigenvalue weighted by atomic mass is 19.2. The van der Waals surface area contributed by atoms with E-state index in [4.69, 9.17) is 4.74 Å². The predicted octanol–water partition coefficient (Wildman–Crippen LogP) is 2.18. The highest BCUT2D eigenvalue weighted by Crippen LogP contribution is 2.29. The van der Waals surface area contributed by atoms with Crippen LogP contribution in [0.25, 0.3) is 5.57 Å². The Bertz CT molecular complexity index is 494. The molecule has 0 spiro atoms. The van der Waals surface area contributed by atoms with Crippen LogP contribution in [0.1, 0.15) is 12.5 Å². The van der Waals surface area contributed by atoms with Crippen molar-refractivity contribution in [1.29, 1.82) is 0 Å². The molecule has 1 N–H and O–H groups in total. The molecule has 0 saturated heterocycles. The van der Waals surface area contributed by atoms with Crippen LogP contribution in [0.15, 0.2) is 24.0 Å². The fourth-order valence-electron chi connectivity index (χ4n) is 1.50. The molecule has 0 radical (unpaired) electrons. The van der Waals surface area contributed by atoms with Crippen LogP contribution in [0.3, 0.4) is 0 Å². The predicted molar refractivity (Wildman–Crippen MR) is 51.5 cm³/mol. The van der Waals surface area contributed by atoms with E-state index in [0.29, 0.717) is 0 Å². The Hall–Kier alpha value is -1.91. The van der Waals surface area contributed by atoms with Crippen molar-refractivity contribution in [2.24, 2.45) is 0 Å². The first-order chi connectivity index (χ1) is 7.50. The number of benzene rings is 1. The zero-order valence-corrected chi connectivity index (χ0v) is 8.33. The summed E-state index contributed by atoms with van der Waals surface area (Å²) in [6.07, 6.45) is -0.754. The van der Waals surface area contributed by atoms with Gasteiger partial charge < -0.3 is 9.84 Å². The van der Waals surface area contributed by atoms with Crippen molar-refractivity contribution in [2.45, 2.75) is 13.0 Å². The summed E-state index contributed by atoms with van der Waals surface area (Å²) in [5.41, 5.74) is -0.0165. The maximum atomic E-state index is 13.0. The highest BCUT2D eigenvalue weighted by molar-refractivity contribution is 6.19. The lowest BCUT2D eigenvalue weighted by Crippen LogP contribution is -2.05. The Morgan fingerprint density at radius 1 is 1.31 bits per heavy atom. The van der Waals surface area contributed by atoms with Gasteiger partial charge in [-0.05, 0) is 24.6 Å². The minimum Gasteiger partial charge on any atom is -0.507 e. The van der Waals surface area contributed by atoms with Gasteiger partial charge in [-0.2, -0.15) is 0 Å². The topological polar surface area (TPSA) is 46.5 Å². The summed E-state index contributed by atoms with van der Waals surface area (Å²) >= 11 is 0. The molecule has 3 nitrogen and oxygen atoms in total. The molecule has 1 aliphatic heterocycles. The van der Waals surface area contributed by atoms with Crippen molar-refractivity contribution in [2.75, 3.05) is 0 Å². The number of hydrogen-bond donors (Lipinski definition) is 1. The summed E-state index contributed by atoms with van der Waals surface area (Å²) in [7, 11) is 0. The number of hydrogen-bond acceptors (Lipinski definition) is 3. The maximum absolute atomic E-state index is 13.0. The van der Waals surface area contributed by atoms with Crippen molar-refractivity contribution in [3.8, 4) is 0 Å². The molecule has 5 heteroatoms. The van der Waals surface area contributed by atoms with E-state index in [1.807, 2.05) is 0 Å². The molecule has 0 bridgehead atoms. The third-order valence-corrected chi connectivity index (χ3v) is 2.34. The van der Waals surface area contributed by atoms with Gasteiger partial charge in [0.1, 0.15) is 11.3 Å². The number of aliphatic hydroxyl groups is 1. The second-order valence-electron chi connectivity index (χ2n) is 3.44. The van der Waals surface area contributed by atoms with Gasteiger partial charge in [-0.1, -0.05) is 6.07 Å². The summed E-state index contributed by atoms with van der Waals surface area (Å²) in [6.45, 7) is 1.49. The van der Waals surface area contributed by atoms with Crippen molar-refractivity contribution in [3.63, 3.8) is 0 Å². The molecule has 1 aromatic carbocycles. The summed E-state index contributed by atoms with van der Waals surface area (Å²) < 4.78 is 30.4. The fourth-order valence-corrected chi connectivity index (χ4v) is 1.50. The number of rotatable bonds is 1. The quantitative estimate of drug-likeness (QED) is 0.746. The Balaban J connectivity index is 2.52. The van der Waals surface area contributed by atoms with Crippen molar-refractivity contribution in [1.82, 2.24) is 0 Å². The van der Waals surface area contributed by atoms with E-state index in [9.17, 15) is 18.7 Å². The second-order valence-corrected chi connectivity index (χ2v) is 3.44. The Labute approximate surface area is 90.0 Å². The number of carbonyl (C=O) groups is 1. The van der Waals surface area contributed by atoms with Crippen molar-refractivity contribution in [3.05, 3.63) is 41.2 Å². The SMILES string of the molecule is CC1OC(=O)C(c2ccc(F)c(F)c2)=C1O. The van der Waals surface area contributed by atoms with Crippen LogP contribution in [0.2, 0.25) is 0 Å². The molecular formula is C11H8F2O3. The average Bonchev–Trinajstić information content (AvgIpc) is 2.47.